The molecule has 1 fully saturated rings. The second-order valence-corrected chi connectivity index (χ2v) is 14.7. The summed E-state index contributed by atoms with van der Waals surface area (Å²) in [6, 6.07) is 21.1. The number of thiazole rings is 1. The van der Waals surface area contributed by atoms with Crippen LogP contribution in [0.3, 0.4) is 0 Å². The van der Waals surface area contributed by atoms with Gasteiger partial charge in [-0.2, -0.15) is 4.31 Å². The third kappa shape index (κ3) is 6.71. The zero-order chi connectivity index (χ0) is 30.7. The van der Waals surface area contributed by atoms with Crippen LogP contribution in [0.1, 0.15) is 29.0 Å². The maximum absolute atomic E-state index is 13.0. The van der Waals surface area contributed by atoms with Crippen molar-refractivity contribution in [1.82, 2.24) is 29.4 Å². The van der Waals surface area contributed by atoms with Crippen molar-refractivity contribution in [3.05, 3.63) is 88.7 Å². The van der Waals surface area contributed by atoms with Gasteiger partial charge in [-0.3, -0.25) is 14.2 Å². The van der Waals surface area contributed by atoms with Crippen molar-refractivity contribution in [3.63, 3.8) is 0 Å². The van der Waals surface area contributed by atoms with Crippen molar-refractivity contribution in [3.8, 4) is 5.69 Å². The highest BCUT2D eigenvalue weighted by atomic mass is 79.9. The van der Waals surface area contributed by atoms with E-state index in [4.69, 9.17) is 0 Å². The van der Waals surface area contributed by atoms with Crippen LogP contribution in [0.25, 0.3) is 15.9 Å². The fourth-order valence-corrected chi connectivity index (χ4v) is 8.12. The molecule has 0 aliphatic carbocycles. The number of hydrogen-bond donors (Lipinski definition) is 2. The molecule has 2 amide bonds. The number of carbonyl (C=O) groups is 2. The lowest BCUT2D eigenvalue weighted by Crippen LogP contribution is -2.28. The number of anilines is 1. The molecule has 2 N–H and O–H groups in total. The van der Waals surface area contributed by atoms with Crippen LogP contribution in [-0.4, -0.2) is 63.1 Å². The predicted molar refractivity (Wildman–Crippen MR) is 174 cm³/mol. The number of aromatic nitrogens is 4. The number of amides is 2. The first-order chi connectivity index (χ1) is 21.3. The predicted octanol–water partition coefficient (Wildman–Crippen LogP) is 5.08. The van der Waals surface area contributed by atoms with Gasteiger partial charge in [0.05, 0.1) is 27.4 Å². The molecule has 2 aromatic heterocycles. The number of nitrogens with one attached hydrogen (secondary N) is 2. The molecule has 44 heavy (non-hydrogen) atoms. The topological polar surface area (TPSA) is 139 Å². The molecule has 3 heterocycles. The molecule has 6 rings (SSSR count). The van der Waals surface area contributed by atoms with Crippen LogP contribution in [0, 0.1) is 0 Å². The molecule has 5 aromatic rings. The van der Waals surface area contributed by atoms with E-state index in [1.165, 1.54) is 51.7 Å². The first-order valence-electron chi connectivity index (χ1n) is 13.6. The standard InChI is InChI=1S/C29H26BrN7O4S3/c30-20-9-11-21(12-10-20)37-25(17-31-27(39)19-7-13-22(14-8-19)44(40,41)36-15-3-4-16-36)34-35-29(37)42-18-26(38)33-28-32-23-5-1-2-6-24(23)43-28/h1-2,5-14H,3-4,15-18H2,(H,31,39)(H,32,33,38). The molecule has 0 spiro atoms. The highest BCUT2D eigenvalue weighted by molar-refractivity contribution is 9.10. The van der Waals surface area contributed by atoms with E-state index >= 15 is 0 Å². The Labute approximate surface area is 270 Å². The second kappa shape index (κ2) is 13.2. The third-order valence-corrected chi connectivity index (χ3v) is 11.2. The summed E-state index contributed by atoms with van der Waals surface area (Å²) in [4.78, 5) is 30.4. The number of rotatable bonds is 10. The van der Waals surface area contributed by atoms with Crippen LogP contribution in [0.15, 0.2) is 87.3 Å². The van der Waals surface area contributed by atoms with Crippen LogP contribution in [0.5, 0.6) is 0 Å². The second-order valence-electron chi connectivity index (χ2n) is 9.85. The van der Waals surface area contributed by atoms with E-state index in [1.54, 1.807) is 4.57 Å². The summed E-state index contributed by atoms with van der Waals surface area (Å²) in [5.74, 6) is -0.0822. The smallest absolute Gasteiger partial charge is 0.251 e. The monoisotopic (exact) mass is 711 g/mol. The fourth-order valence-electron chi connectivity index (χ4n) is 4.69. The molecule has 15 heteroatoms. The highest BCUT2D eigenvalue weighted by Gasteiger charge is 2.27. The minimum absolute atomic E-state index is 0.0498. The van der Waals surface area contributed by atoms with Gasteiger partial charge < -0.3 is 10.6 Å². The molecule has 1 aliphatic rings. The van der Waals surface area contributed by atoms with Gasteiger partial charge in [0.2, 0.25) is 15.9 Å². The lowest BCUT2D eigenvalue weighted by Gasteiger charge is -2.15. The maximum Gasteiger partial charge on any atom is 0.251 e. The largest absolute Gasteiger partial charge is 0.345 e. The van der Waals surface area contributed by atoms with E-state index in [9.17, 15) is 18.0 Å². The first-order valence-corrected chi connectivity index (χ1v) is 17.7. The summed E-state index contributed by atoms with van der Waals surface area (Å²) in [5, 5.41) is 15.3. The molecule has 11 nitrogen and oxygen atoms in total. The van der Waals surface area contributed by atoms with Crippen LogP contribution in [0.2, 0.25) is 0 Å². The Bertz CT molecular complexity index is 1890. The number of nitrogens with zero attached hydrogens (tertiary/aromatic N) is 5. The summed E-state index contributed by atoms with van der Waals surface area (Å²) in [6.45, 7) is 1.07. The average molecular weight is 713 g/mol. The number of halogens is 1. The summed E-state index contributed by atoms with van der Waals surface area (Å²) >= 11 is 6.07. The molecule has 3 aromatic carbocycles. The zero-order valence-corrected chi connectivity index (χ0v) is 27.2. The lowest BCUT2D eigenvalue weighted by atomic mass is 10.2. The number of thioether (sulfide) groups is 1. The Morgan fingerprint density at radius 3 is 2.41 bits per heavy atom. The normalized spacial score (nSPS) is 13.8. The van der Waals surface area contributed by atoms with E-state index in [1.807, 2.05) is 48.5 Å². The van der Waals surface area contributed by atoms with Crippen molar-refractivity contribution in [2.45, 2.75) is 29.4 Å². The van der Waals surface area contributed by atoms with Gasteiger partial charge in [0, 0.05) is 28.8 Å². The van der Waals surface area contributed by atoms with Crippen molar-refractivity contribution >= 4 is 76.2 Å². The summed E-state index contributed by atoms with van der Waals surface area (Å²) in [7, 11) is -3.57. The van der Waals surface area contributed by atoms with Gasteiger partial charge in [0.1, 0.15) is 0 Å². The van der Waals surface area contributed by atoms with Gasteiger partial charge in [-0.1, -0.05) is 51.2 Å². The number of fused-ring (bicyclic) bond motifs is 1. The Kier molecular flexibility index (Phi) is 9.09. The Hall–Kier alpha value is -3.63. The minimum atomic E-state index is -3.57. The van der Waals surface area contributed by atoms with Crippen LogP contribution < -0.4 is 10.6 Å². The van der Waals surface area contributed by atoms with Crippen LogP contribution in [0.4, 0.5) is 5.13 Å². The van der Waals surface area contributed by atoms with Crippen LogP contribution >= 0.6 is 39.0 Å². The van der Waals surface area contributed by atoms with E-state index in [2.05, 4.69) is 41.7 Å². The van der Waals surface area contributed by atoms with E-state index in [-0.39, 0.29) is 29.0 Å². The van der Waals surface area contributed by atoms with Crippen LogP contribution in [-0.2, 0) is 21.4 Å². The molecule has 226 valence electrons. The maximum atomic E-state index is 13.0. The van der Waals surface area contributed by atoms with Gasteiger partial charge in [-0.15, -0.1) is 10.2 Å². The molecule has 0 atom stereocenters. The van der Waals surface area contributed by atoms with Crippen molar-refractivity contribution in [2.24, 2.45) is 0 Å². The molecule has 1 aliphatic heterocycles. The molecule has 0 bridgehead atoms. The quantitative estimate of drug-likeness (QED) is 0.191. The Balaban J connectivity index is 1.14. The van der Waals surface area contributed by atoms with Gasteiger partial charge in [-0.05, 0) is 73.5 Å². The summed E-state index contributed by atoms with van der Waals surface area (Å²) in [5.41, 5.74) is 1.90. The number of sulfonamides is 1. The third-order valence-electron chi connectivity index (χ3n) is 6.88. The van der Waals surface area contributed by atoms with E-state index in [0.717, 1.165) is 33.2 Å². The summed E-state index contributed by atoms with van der Waals surface area (Å²) in [6.07, 6.45) is 1.70. The first kappa shape index (κ1) is 30.4. The van der Waals surface area contributed by atoms with Gasteiger partial charge in [0.15, 0.2) is 16.1 Å². The number of benzene rings is 3. The van der Waals surface area contributed by atoms with Crippen molar-refractivity contribution in [2.75, 3.05) is 24.2 Å². The minimum Gasteiger partial charge on any atom is -0.345 e. The van der Waals surface area contributed by atoms with E-state index in [0.29, 0.717) is 34.8 Å². The number of hydrogen-bond acceptors (Lipinski definition) is 9. The SMILES string of the molecule is O=C(CSc1nnc(CNC(=O)c2ccc(S(=O)(=O)N3CCCC3)cc2)n1-c1ccc(Br)cc1)Nc1nc2ccccc2s1. The Morgan fingerprint density at radius 2 is 1.68 bits per heavy atom. The van der Waals surface area contributed by atoms with E-state index < -0.39 is 10.0 Å². The molecule has 0 radical (unpaired) electrons. The zero-order valence-electron chi connectivity index (χ0n) is 23.1. The molecule has 0 saturated carbocycles. The number of para-hydroxylation sites is 1. The van der Waals surface area contributed by atoms with Crippen molar-refractivity contribution < 1.29 is 18.0 Å². The lowest BCUT2D eigenvalue weighted by molar-refractivity contribution is -0.113. The summed E-state index contributed by atoms with van der Waals surface area (Å²) < 4.78 is 30.8. The van der Waals surface area contributed by atoms with Crippen molar-refractivity contribution in [1.29, 1.82) is 0 Å². The van der Waals surface area contributed by atoms with Gasteiger partial charge in [0.25, 0.3) is 5.91 Å². The van der Waals surface area contributed by atoms with Gasteiger partial charge >= 0.3 is 0 Å². The molecule has 0 unspecified atom stereocenters. The average Bonchev–Trinajstić information content (AvgIpc) is 3.80. The van der Waals surface area contributed by atoms with Gasteiger partial charge in [-0.25, -0.2) is 13.4 Å². The highest BCUT2D eigenvalue weighted by Crippen LogP contribution is 2.27. The molecular formula is C29H26BrN7O4S3. The molecular weight excluding hydrogens is 686 g/mol. The number of carbonyl (C=O) groups excluding carboxylic acids is 2. The molecule has 1 saturated heterocycles. The Morgan fingerprint density at radius 1 is 0.955 bits per heavy atom. The fraction of sp³-hybridized carbons (Fsp3) is 0.207.